The van der Waals surface area contributed by atoms with Crippen LogP contribution >= 0.6 is 0 Å². The number of fused-ring (bicyclic) bond motifs is 2. The maximum atomic E-state index is 13.6. The number of aliphatic hydroxyl groups excluding tert-OH is 1. The Hall–Kier alpha value is -3.87. The van der Waals surface area contributed by atoms with E-state index in [1.54, 1.807) is 12.1 Å². The Kier molecular flexibility index (Phi) is 8.90. The van der Waals surface area contributed by atoms with Crippen LogP contribution in [0.2, 0.25) is 0 Å². The zero-order valence-corrected chi connectivity index (χ0v) is 23.0. The SMILES string of the molecule is CCCCCCCCCCCC1=C(O)c2nc3cc(C)cc(C)c3c(-c3ccc([N+](=O)[O-])cc3)c2C(=O)C1=O. The highest BCUT2D eigenvalue weighted by Crippen LogP contribution is 2.41. The third-order valence-electron chi connectivity index (χ3n) is 7.54. The van der Waals surface area contributed by atoms with Crippen molar-refractivity contribution < 1.29 is 19.6 Å². The average Bonchev–Trinajstić information content (AvgIpc) is 2.91. The van der Waals surface area contributed by atoms with Gasteiger partial charge in [0.05, 0.1) is 16.0 Å². The Balaban J connectivity index is 1.70. The molecule has 0 radical (unpaired) electrons. The van der Waals surface area contributed by atoms with Crippen LogP contribution in [0.4, 0.5) is 5.69 Å². The number of aryl methyl sites for hydroxylation is 2. The van der Waals surface area contributed by atoms with Crippen molar-refractivity contribution in [2.24, 2.45) is 0 Å². The molecule has 7 heteroatoms. The molecule has 1 heterocycles. The molecule has 1 aliphatic rings. The van der Waals surface area contributed by atoms with Crippen LogP contribution in [-0.2, 0) is 4.79 Å². The monoisotopic (exact) mass is 528 g/mol. The molecular formula is C32H36N2O5. The summed E-state index contributed by atoms with van der Waals surface area (Å²) in [7, 11) is 0. The molecule has 0 atom stereocenters. The van der Waals surface area contributed by atoms with E-state index in [4.69, 9.17) is 0 Å². The molecule has 0 amide bonds. The molecule has 0 bridgehead atoms. The minimum atomic E-state index is -0.700. The van der Waals surface area contributed by atoms with E-state index in [1.807, 2.05) is 26.0 Å². The molecule has 0 fully saturated rings. The van der Waals surface area contributed by atoms with Gasteiger partial charge in [-0.15, -0.1) is 0 Å². The van der Waals surface area contributed by atoms with Gasteiger partial charge in [0.25, 0.3) is 5.69 Å². The molecule has 39 heavy (non-hydrogen) atoms. The molecule has 0 saturated heterocycles. The largest absolute Gasteiger partial charge is 0.505 e. The molecule has 204 valence electrons. The predicted octanol–water partition coefficient (Wildman–Crippen LogP) is 8.38. The molecule has 1 N–H and O–H groups in total. The number of carbonyl (C=O) groups is 2. The van der Waals surface area contributed by atoms with Crippen molar-refractivity contribution in [3.05, 3.63) is 74.5 Å². The van der Waals surface area contributed by atoms with Crippen LogP contribution < -0.4 is 0 Å². The Labute approximate surface area is 229 Å². The number of unbranched alkanes of at least 4 members (excludes halogenated alkanes) is 8. The summed E-state index contributed by atoms with van der Waals surface area (Å²) in [5, 5.41) is 23.2. The summed E-state index contributed by atoms with van der Waals surface area (Å²) in [5.74, 6) is -1.64. The van der Waals surface area contributed by atoms with E-state index in [9.17, 15) is 24.8 Å². The molecule has 2 aromatic carbocycles. The Morgan fingerprint density at radius 2 is 1.46 bits per heavy atom. The number of Topliss-reactive ketones (excluding diaryl/α,β-unsaturated/α-hetero) is 2. The fraction of sp³-hybridized carbons (Fsp3) is 0.406. The quantitative estimate of drug-likeness (QED) is 0.109. The number of nitrogens with zero attached hydrogens (tertiary/aromatic N) is 2. The lowest BCUT2D eigenvalue weighted by atomic mass is 9.82. The highest BCUT2D eigenvalue weighted by Gasteiger charge is 2.37. The molecule has 1 aliphatic carbocycles. The first kappa shape index (κ1) is 28.1. The number of hydrogen-bond acceptors (Lipinski definition) is 6. The Morgan fingerprint density at radius 3 is 2.08 bits per heavy atom. The number of aliphatic hydroxyl groups is 1. The number of carbonyl (C=O) groups excluding carboxylic acids is 2. The lowest BCUT2D eigenvalue weighted by molar-refractivity contribution is -0.384. The van der Waals surface area contributed by atoms with Crippen LogP contribution in [0.25, 0.3) is 27.8 Å². The molecule has 1 aromatic heterocycles. The summed E-state index contributed by atoms with van der Waals surface area (Å²) in [6, 6.07) is 9.73. The number of aromatic nitrogens is 1. The normalized spacial score (nSPS) is 13.3. The van der Waals surface area contributed by atoms with Crippen molar-refractivity contribution >= 4 is 33.9 Å². The smallest absolute Gasteiger partial charge is 0.269 e. The van der Waals surface area contributed by atoms with Crippen LogP contribution in [-0.4, -0.2) is 26.6 Å². The lowest BCUT2D eigenvalue weighted by Crippen LogP contribution is -2.26. The van der Waals surface area contributed by atoms with Gasteiger partial charge in [-0.3, -0.25) is 19.7 Å². The number of hydrogen-bond donors (Lipinski definition) is 1. The molecule has 0 unspecified atom stereocenters. The number of nitro benzene ring substituents is 1. The Bertz CT molecular complexity index is 1450. The maximum absolute atomic E-state index is 13.6. The zero-order chi connectivity index (χ0) is 28.1. The number of nitro groups is 1. The van der Waals surface area contributed by atoms with E-state index in [1.165, 1.54) is 44.2 Å². The standard InChI is InChI=1S/C32H36N2O5/c1-4-5-6-7-8-9-10-11-12-13-24-30(35)29-28(32(37)31(24)36)27(22-14-16-23(17-15-22)34(38)39)26-21(3)18-20(2)19-25(26)33-29/h14-19,35H,4-13H2,1-3H3. The van der Waals surface area contributed by atoms with Crippen molar-refractivity contribution in [3.8, 4) is 11.1 Å². The minimum Gasteiger partial charge on any atom is -0.505 e. The molecule has 4 rings (SSSR count). The van der Waals surface area contributed by atoms with Gasteiger partial charge in [-0.05, 0) is 61.6 Å². The van der Waals surface area contributed by atoms with E-state index in [2.05, 4.69) is 11.9 Å². The molecule has 0 aliphatic heterocycles. The van der Waals surface area contributed by atoms with Gasteiger partial charge in [-0.2, -0.15) is 0 Å². The fourth-order valence-electron chi connectivity index (χ4n) is 5.55. The lowest BCUT2D eigenvalue weighted by Gasteiger charge is -2.22. The number of ketones is 2. The summed E-state index contributed by atoms with van der Waals surface area (Å²) in [6.45, 7) is 6.05. The van der Waals surface area contributed by atoms with E-state index >= 15 is 0 Å². The fourth-order valence-corrected chi connectivity index (χ4v) is 5.55. The molecule has 3 aromatic rings. The number of pyridine rings is 1. The first-order valence-corrected chi connectivity index (χ1v) is 14.0. The zero-order valence-electron chi connectivity index (χ0n) is 23.0. The van der Waals surface area contributed by atoms with Gasteiger partial charge in [-0.25, -0.2) is 4.98 Å². The van der Waals surface area contributed by atoms with E-state index in [0.717, 1.165) is 30.4 Å². The van der Waals surface area contributed by atoms with Gasteiger partial charge in [0.2, 0.25) is 11.6 Å². The van der Waals surface area contributed by atoms with Crippen LogP contribution in [0, 0.1) is 24.0 Å². The highest BCUT2D eigenvalue weighted by atomic mass is 16.6. The van der Waals surface area contributed by atoms with E-state index in [0.29, 0.717) is 34.9 Å². The average molecular weight is 529 g/mol. The van der Waals surface area contributed by atoms with Crippen LogP contribution in [0.3, 0.4) is 0 Å². The molecule has 0 spiro atoms. The second-order valence-corrected chi connectivity index (χ2v) is 10.6. The highest BCUT2D eigenvalue weighted by molar-refractivity contribution is 6.53. The van der Waals surface area contributed by atoms with Crippen molar-refractivity contribution in [1.29, 1.82) is 0 Å². The number of rotatable bonds is 12. The van der Waals surface area contributed by atoms with Crippen LogP contribution in [0.5, 0.6) is 0 Å². The van der Waals surface area contributed by atoms with Crippen LogP contribution in [0.15, 0.2) is 42.0 Å². The summed E-state index contributed by atoms with van der Waals surface area (Å²) >= 11 is 0. The summed E-state index contributed by atoms with van der Waals surface area (Å²) in [6.07, 6.45) is 10.4. The Morgan fingerprint density at radius 1 is 0.846 bits per heavy atom. The summed E-state index contributed by atoms with van der Waals surface area (Å²) < 4.78 is 0. The van der Waals surface area contributed by atoms with Crippen molar-refractivity contribution in [3.63, 3.8) is 0 Å². The third-order valence-corrected chi connectivity index (χ3v) is 7.54. The van der Waals surface area contributed by atoms with Crippen molar-refractivity contribution in [2.45, 2.75) is 85.0 Å². The van der Waals surface area contributed by atoms with Crippen LogP contribution in [0.1, 0.15) is 98.3 Å². The first-order valence-electron chi connectivity index (χ1n) is 14.0. The second kappa shape index (κ2) is 12.3. The van der Waals surface area contributed by atoms with Gasteiger partial charge in [-0.1, -0.05) is 64.4 Å². The number of benzene rings is 2. The molecule has 7 nitrogen and oxygen atoms in total. The van der Waals surface area contributed by atoms with Crippen molar-refractivity contribution in [2.75, 3.05) is 0 Å². The number of allylic oxidation sites excluding steroid dienone is 1. The first-order chi connectivity index (χ1) is 18.7. The second-order valence-electron chi connectivity index (χ2n) is 10.6. The minimum absolute atomic E-state index is 0.0571. The maximum Gasteiger partial charge on any atom is 0.269 e. The summed E-state index contributed by atoms with van der Waals surface area (Å²) in [5.41, 5.74) is 3.65. The van der Waals surface area contributed by atoms with Gasteiger partial charge >= 0.3 is 0 Å². The predicted molar refractivity (Wildman–Crippen MR) is 154 cm³/mol. The van der Waals surface area contributed by atoms with E-state index < -0.39 is 16.5 Å². The van der Waals surface area contributed by atoms with Gasteiger partial charge in [0.1, 0.15) is 11.5 Å². The van der Waals surface area contributed by atoms with Gasteiger partial charge < -0.3 is 5.11 Å². The van der Waals surface area contributed by atoms with E-state index in [-0.39, 0.29) is 28.3 Å². The topological polar surface area (TPSA) is 110 Å². The van der Waals surface area contributed by atoms with Gasteiger partial charge in [0.15, 0.2) is 0 Å². The third kappa shape index (κ3) is 5.92. The van der Waals surface area contributed by atoms with Gasteiger partial charge in [0, 0.05) is 28.7 Å². The molecular weight excluding hydrogens is 492 g/mol. The van der Waals surface area contributed by atoms with Crippen molar-refractivity contribution in [1.82, 2.24) is 4.98 Å². The molecule has 0 saturated carbocycles. The summed E-state index contributed by atoms with van der Waals surface area (Å²) in [4.78, 5) is 42.3. The number of non-ortho nitro benzene ring substituents is 1.